The number of hydrogen-bond acceptors (Lipinski definition) is 3. The van der Waals surface area contributed by atoms with E-state index < -0.39 is 77.8 Å². The lowest BCUT2D eigenvalue weighted by Crippen LogP contribution is -2.14. The average molecular weight is 800 g/mol. The van der Waals surface area contributed by atoms with Crippen molar-refractivity contribution in [3.05, 3.63) is 88.0 Å². The smallest absolute Gasteiger partial charge is 0.402 e. The fraction of sp³-hybridized carbons (Fsp3) is 0.250. The van der Waals surface area contributed by atoms with E-state index in [1.165, 1.54) is 0 Å². The van der Waals surface area contributed by atoms with Crippen molar-refractivity contribution in [2.24, 2.45) is 0 Å². The van der Waals surface area contributed by atoms with Crippen molar-refractivity contribution in [2.45, 2.75) is 37.1 Å². The van der Waals surface area contributed by atoms with Crippen LogP contribution in [-0.2, 0) is 37.1 Å². The molecule has 3 unspecified atom stereocenters. The van der Waals surface area contributed by atoms with Gasteiger partial charge >= 0.3 is 44.4 Å². The molecule has 3 rings (SSSR count). The summed E-state index contributed by atoms with van der Waals surface area (Å²) in [5.41, 5.74) is -7.82. The van der Waals surface area contributed by atoms with Crippen LogP contribution in [-0.4, -0.2) is 22.4 Å². The molecule has 49 heavy (non-hydrogen) atoms. The average Bonchev–Trinajstić information content (AvgIpc) is 2.85. The first-order valence-electron chi connectivity index (χ1n) is 11.7. The Morgan fingerprint density at radius 1 is 0.306 bits per heavy atom. The van der Waals surface area contributed by atoms with Gasteiger partial charge in [-0.1, -0.05) is 0 Å². The Balaban J connectivity index is 0.000000667. The highest BCUT2D eigenvalue weighted by molar-refractivity contribution is 7.27. The first-order valence-corrected chi connectivity index (χ1v) is 13.5. The Labute approximate surface area is 270 Å². The molecule has 0 aliphatic heterocycles. The maximum atomic E-state index is 12.2. The molecule has 0 aromatic heterocycles. The van der Waals surface area contributed by atoms with Gasteiger partial charge in [-0.15, -0.1) is 27.7 Å². The minimum Gasteiger partial charge on any atom is -0.402 e. The van der Waals surface area contributed by atoms with Gasteiger partial charge in [-0.3, -0.25) is 0 Å². The Morgan fingerprint density at radius 2 is 0.408 bits per heavy atom. The van der Waals surface area contributed by atoms with Gasteiger partial charge in [0.25, 0.3) is 0 Å². The van der Waals surface area contributed by atoms with Gasteiger partial charge in [0.05, 0.1) is 33.4 Å². The van der Waals surface area contributed by atoms with Crippen LogP contribution < -0.4 is 15.9 Å². The van der Waals surface area contributed by atoms with E-state index in [0.29, 0.717) is 36.4 Å². The monoisotopic (exact) mass is 800 g/mol. The molecule has 3 aromatic carbocycles. The van der Waals surface area contributed by atoms with E-state index in [-0.39, 0.29) is 34.1 Å². The minimum absolute atomic E-state index is 0.0908. The molecule has 3 atom stereocenters. The number of halogens is 18. The Kier molecular flexibility index (Phi) is 16.4. The Morgan fingerprint density at radius 3 is 0.490 bits per heavy atom. The van der Waals surface area contributed by atoms with E-state index in [9.17, 15) is 79.0 Å². The van der Waals surface area contributed by atoms with Gasteiger partial charge in [0.1, 0.15) is 0 Å². The molecule has 25 heteroatoms. The standard InChI is InChI=1S/3C8H5F6P.BH3O3/c3*9-7(10,11)4-1-5(8(12,13)14)3-6(15)2-4;2-1(3)4/h3*1-3H,15H2;2-4H. The normalized spacial score (nSPS) is 12.5. The molecule has 0 radical (unpaired) electrons. The largest absolute Gasteiger partial charge is 0.631 e. The zero-order valence-corrected chi connectivity index (χ0v) is 26.6. The zero-order valence-electron chi connectivity index (χ0n) is 23.2. The summed E-state index contributed by atoms with van der Waals surface area (Å²) in [5.74, 6) is 0. The number of alkyl halides is 18. The maximum Gasteiger partial charge on any atom is 0.631 e. The van der Waals surface area contributed by atoms with Gasteiger partial charge in [0.15, 0.2) is 0 Å². The van der Waals surface area contributed by atoms with Crippen LogP contribution in [0.4, 0.5) is 79.0 Å². The molecule has 0 saturated carbocycles. The topological polar surface area (TPSA) is 60.7 Å². The van der Waals surface area contributed by atoms with E-state index in [2.05, 4.69) is 0 Å². The number of benzene rings is 3. The SMILES string of the molecule is FC(F)(F)c1cc(P)cc(C(F)(F)F)c1.FC(F)(F)c1cc(P)cc(C(F)(F)F)c1.FC(F)(F)c1cc(P)cc(C(F)(F)F)c1.OB(O)O. The summed E-state index contributed by atoms with van der Waals surface area (Å²) < 4.78 is 219. The predicted octanol–water partition coefficient (Wildman–Crippen LogP) is 7.62. The zero-order chi connectivity index (χ0) is 39.1. The van der Waals surface area contributed by atoms with Crippen molar-refractivity contribution in [1.29, 1.82) is 0 Å². The van der Waals surface area contributed by atoms with Crippen molar-refractivity contribution in [1.82, 2.24) is 0 Å². The van der Waals surface area contributed by atoms with Gasteiger partial charge in [-0.25, -0.2) is 0 Å². The van der Waals surface area contributed by atoms with Crippen LogP contribution in [0, 0.1) is 0 Å². The Hall–Kier alpha value is -2.37. The fourth-order valence-electron chi connectivity index (χ4n) is 2.94. The second-order valence-electron chi connectivity index (χ2n) is 8.86. The van der Waals surface area contributed by atoms with Crippen LogP contribution in [0.3, 0.4) is 0 Å². The molecular formula is C24H18BF18O3P3. The quantitative estimate of drug-likeness (QED) is 0.125. The second kappa shape index (κ2) is 17.2. The van der Waals surface area contributed by atoms with E-state index in [4.69, 9.17) is 15.1 Å². The third-order valence-electron chi connectivity index (χ3n) is 4.83. The van der Waals surface area contributed by atoms with E-state index in [0.717, 1.165) is 0 Å². The van der Waals surface area contributed by atoms with E-state index in [1.807, 2.05) is 27.7 Å². The lowest BCUT2D eigenvalue weighted by atomic mass is 10.1. The highest BCUT2D eigenvalue weighted by atomic mass is 31.0. The van der Waals surface area contributed by atoms with Crippen LogP contribution >= 0.6 is 27.7 Å². The molecule has 3 nitrogen and oxygen atoms in total. The van der Waals surface area contributed by atoms with Crippen molar-refractivity contribution in [3.8, 4) is 0 Å². The van der Waals surface area contributed by atoms with Gasteiger partial charge in [0.2, 0.25) is 0 Å². The highest BCUT2D eigenvalue weighted by Crippen LogP contribution is 2.37. The molecule has 0 bridgehead atoms. The molecule has 0 amide bonds. The summed E-state index contributed by atoms with van der Waals surface area (Å²) in [5, 5.41) is 21.0. The van der Waals surface area contributed by atoms with Crippen molar-refractivity contribution < 1.29 is 94.1 Å². The highest BCUT2D eigenvalue weighted by Gasteiger charge is 2.38. The van der Waals surface area contributed by atoms with Crippen molar-refractivity contribution in [2.75, 3.05) is 0 Å². The molecule has 0 saturated heterocycles. The first kappa shape index (κ1) is 46.6. The summed E-state index contributed by atoms with van der Waals surface area (Å²) in [6.07, 6.45) is -28.6. The van der Waals surface area contributed by atoms with Crippen LogP contribution in [0.25, 0.3) is 0 Å². The summed E-state index contributed by atoms with van der Waals surface area (Å²) in [6, 6.07) is 4.11. The van der Waals surface area contributed by atoms with E-state index >= 15 is 0 Å². The summed E-state index contributed by atoms with van der Waals surface area (Å²) in [4.78, 5) is 0. The fourth-order valence-corrected chi connectivity index (χ4v) is 4.01. The molecule has 0 aliphatic rings. The predicted molar refractivity (Wildman–Crippen MR) is 150 cm³/mol. The lowest BCUT2D eigenvalue weighted by Gasteiger charge is -2.12. The van der Waals surface area contributed by atoms with Crippen LogP contribution in [0.2, 0.25) is 0 Å². The molecule has 276 valence electrons. The van der Waals surface area contributed by atoms with Gasteiger partial charge in [-0.05, 0) is 70.5 Å². The third-order valence-corrected chi connectivity index (χ3v) is 5.83. The summed E-state index contributed by atoms with van der Waals surface area (Å²) >= 11 is 0. The van der Waals surface area contributed by atoms with Gasteiger partial charge in [0, 0.05) is 0 Å². The minimum atomic E-state index is -4.77. The number of rotatable bonds is 0. The lowest BCUT2D eigenvalue weighted by molar-refractivity contribution is -0.144. The van der Waals surface area contributed by atoms with Crippen molar-refractivity contribution in [3.63, 3.8) is 0 Å². The second-order valence-corrected chi connectivity index (χ2v) is 10.9. The molecule has 0 fully saturated rings. The molecule has 3 N–H and O–H groups in total. The van der Waals surface area contributed by atoms with Crippen LogP contribution in [0.1, 0.15) is 33.4 Å². The van der Waals surface area contributed by atoms with Crippen molar-refractivity contribution >= 4 is 51.0 Å². The Bertz CT molecular complexity index is 1240. The summed E-state index contributed by atoms with van der Waals surface area (Å²) in [6.45, 7) is 0. The molecule has 3 aromatic rings. The summed E-state index contributed by atoms with van der Waals surface area (Å²) in [7, 11) is 3.27. The molecule has 0 spiro atoms. The molecule has 0 heterocycles. The van der Waals surface area contributed by atoms with Gasteiger partial charge < -0.3 is 15.1 Å². The number of hydrogen-bond donors (Lipinski definition) is 3. The molecule has 0 aliphatic carbocycles. The van der Waals surface area contributed by atoms with Crippen LogP contribution in [0.5, 0.6) is 0 Å². The van der Waals surface area contributed by atoms with Gasteiger partial charge in [-0.2, -0.15) is 79.0 Å². The maximum absolute atomic E-state index is 12.2. The first-order chi connectivity index (χ1) is 21.5. The molecular weight excluding hydrogens is 782 g/mol. The van der Waals surface area contributed by atoms with Crippen LogP contribution in [0.15, 0.2) is 54.6 Å². The third kappa shape index (κ3) is 17.9. The van der Waals surface area contributed by atoms with E-state index in [1.54, 1.807) is 0 Å².